The zero-order valence-electron chi connectivity index (χ0n) is 10.3. The van der Waals surface area contributed by atoms with Gasteiger partial charge in [-0.2, -0.15) is 0 Å². The lowest BCUT2D eigenvalue weighted by atomic mass is 10.3. The van der Waals surface area contributed by atoms with Crippen LogP contribution in [0.5, 0.6) is 0 Å². The standard InChI is InChI=1S/C12H17N5/c1-3-5-17(6-4-2)12-14-8-10-11(16-12)7-13-9-15-10/h7-9H,3-6H2,1-2H3. The highest BCUT2D eigenvalue weighted by atomic mass is 15.2. The predicted octanol–water partition coefficient (Wildman–Crippen LogP) is 2.05. The molecule has 90 valence electrons. The van der Waals surface area contributed by atoms with Crippen LogP contribution in [0.3, 0.4) is 0 Å². The lowest BCUT2D eigenvalue weighted by Crippen LogP contribution is -2.26. The maximum Gasteiger partial charge on any atom is 0.226 e. The fourth-order valence-electron chi connectivity index (χ4n) is 1.78. The van der Waals surface area contributed by atoms with E-state index in [1.165, 1.54) is 6.33 Å². The largest absolute Gasteiger partial charge is 0.341 e. The van der Waals surface area contributed by atoms with Crippen LogP contribution >= 0.6 is 0 Å². The maximum atomic E-state index is 4.50. The van der Waals surface area contributed by atoms with Gasteiger partial charge in [0.05, 0.1) is 12.4 Å². The van der Waals surface area contributed by atoms with Gasteiger partial charge in [0.15, 0.2) is 0 Å². The molecule has 0 unspecified atom stereocenters. The van der Waals surface area contributed by atoms with Gasteiger partial charge >= 0.3 is 0 Å². The third-order valence-electron chi connectivity index (χ3n) is 2.52. The van der Waals surface area contributed by atoms with Crippen LogP contribution in [0.1, 0.15) is 26.7 Å². The summed E-state index contributed by atoms with van der Waals surface area (Å²) in [6.45, 7) is 6.28. The lowest BCUT2D eigenvalue weighted by Gasteiger charge is -2.21. The highest BCUT2D eigenvalue weighted by Gasteiger charge is 2.08. The van der Waals surface area contributed by atoms with Crippen LogP contribution in [0.4, 0.5) is 5.95 Å². The van der Waals surface area contributed by atoms with Crippen LogP contribution in [0.25, 0.3) is 11.0 Å². The van der Waals surface area contributed by atoms with E-state index in [0.717, 1.165) is 42.9 Å². The summed E-state index contributed by atoms with van der Waals surface area (Å²) in [4.78, 5) is 19.2. The van der Waals surface area contributed by atoms with Crippen molar-refractivity contribution in [3.8, 4) is 0 Å². The average molecular weight is 231 g/mol. The molecule has 0 aliphatic heterocycles. The van der Waals surface area contributed by atoms with Crippen molar-refractivity contribution >= 4 is 17.0 Å². The number of anilines is 1. The summed E-state index contributed by atoms with van der Waals surface area (Å²) in [7, 11) is 0. The molecule has 0 N–H and O–H groups in total. The van der Waals surface area contributed by atoms with E-state index in [0.29, 0.717) is 0 Å². The van der Waals surface area contributed by atoms with Gasteiger partial charge in [-0.15, -0.1) is 0 Å². The second kappa shape index (κ2) is 5.52. The van der Waals surface area contributed by atoms with Crippen molar-refractivity contribution in [1.29, 1.82) is 0 Å². The molecule has 0 atom stereocenters. The second-order valence-corrected chi connectivity index (χ2v) is 3.95. The molecule has 0 saturated carbocycles. The zero-order valence-corrected chi connectivity index (χ0v) is 10.3. The number of fused-ring (bicyclic) bond motifs is 1. The topological polar surface area (TPSA) is 54.8 Å². The monoisotopic (exact) mass is 231 g/mol. The number of nitrogens with zero attached hydrogens (tertiary/aromatic N) is 5. The van der Waals surface area contributed by atoms with Crippen LogP contribution in [-0.4, -0.2) is 33.0 Å². The van der Waals surface area contributed by atoms with E-state index in [4.69, 9.17) is 0 Å². The van der Waals surface area contributed by atoms with Gasteiger partial charge in [-0.25, -0.2) is 19.9 Å². The summed E-state index contributed by atoms with van der Waals surface area (Å²) < 4.78 is 0. The van der Waals surface area contributed by atoms with Crippen LogP contribution in [-0.2, 0) is 0 Å². The quantitative estimate of drug-likeness (QED) is 0.788. The van der Waals surface area contributed by atoms with E-state index in [1.54, 1.807) is 12.4 Å². The van der Waals surface area contributed by atoms with Crippen LogP contribution < -0.4 is 4.90 Å². The predicted molar refractivity (Wildman–Crippen MR) is 67.9 cm³/mol. The van der Waals surface area contributed by atoms with Crippen LogP contribution in [0.2, 0.25) is 0 Å². The summed E-state index contributed by atoms with van der Waals surface area (Å²) in [5.41, 5.74) is 1.59. The molecule has 5 heteroatoms. The van der Waals surface area contributed by atoms with E-state index in [-0.39, 0.29) is 0 Å². The van der Waals surface area contributed by atoms with Crippen molar-refractivity contribution in [1.82, 2.24) is 19.9 Å². The number of hydrogen-bond acceptors (Lipinski definition) is 5. The second-order valence-electron chi connectivity index (χ2n) is 3.95. The molecule has 0 saturated heterocycles. The Morgan fingerprint density at radius 3 is 2.47 bits per heavy atom. The SMILES string of the molecule is CCCN(CCC)c1ncc2ncncc2n1. The Bertz CT molecular complexity index is 479. The Kier molecular flexibility index (Phi) is 3.80. The smallest absolute Gasteiger partial charge is 0.226 e. The molecular weight excluding hydrogens is 214 g/mol. The normalized spacial score (nSPS) is 10.7. The first-order chi connectivity index (χ1) is 8.35. The maximum absolute atomic E-state index is 4.50. The molecule has 2 rings (SSSR count). The van der Waals surface area contributed by atoms with Gasteiger partial charge in [-0.3, -0.25) is 0 Å². The fraction of sp³-hybridized carbons (Fsp3) is 0.500. The third kappa shape index (κ3) is 2.67. The van der Waals surface area contributed by atoms with Crippen molar-refractivity contribution in [3.05, 3.63) is 18.7 Å². The molecule has 0 radical (unpaired) electrons. The first-order valence-electron chi connectivity index (χ1n) is 6.02. The van der Waals surface area contributed by atoms with Gasteiger partial charge < -0.3 is 4.90 Å². The lowest BCUT2D eigenvalue weighted by molar-refractivity contribution is 0.723. The molecule has 2 aromatic heterocycles. The van der Waals surface area contributed by atoms with Crippen molar-refractivity contribution < 1.29 is 0 Å². The van der Waals surface area contributed by atoms with Crippen molar-refractivity contribution in [2.24, 2.45) is 0 Å². The molecule has 0 aliphatic carbocycles. The van der Waals surface area contributed by atoms with E-state index < -0.39 is 0 Å². The molecule has 0 amide bonds. The molecule has 2 heterocycles. The fourth-order valence-corrected chi connectivity index (χ4v) is 1.78. The number of aromatic nitrogens is 4. The Balaban J connectivity index is 2.32. The molecule has 2 aromatic rings. The van der Waals surface area contributed by atoms with Gasteiger partial charge in [0, 0.05) is 13.1 Å². The van der Waals surface area contributed by atoms with Crippen LogP contribution in [0.15, 0.2) is 18.7 Å². The first kappa shape index (κ1) is 11.7. The average Bonchev–Trinajstić information content (AvgIpc) is 2.38. The number of rotatable bonds is 5. The first-order valence-corrected chi connectivity index (χ1v) is 6.02. The van der Waals surface area contributed by atoms with Gasteiger partial charge in [-0.05, 0) is 12.8 Å². The molecule has 5 nitrogen and oxygen atoms in total. The van der Waals surface area contributed by atoms with Crippen LogP contribution in [0, 0.1) is 0 Å². The van der Waals surface area contributed by atoms with Gasteiger partial charge in [0.2, 0.25) is 5.95 Å². The van der Waals surface area contributed by atoms with Crippen molar-refractivity contribution in [2.75, 3.05) is 18.0 Å². The minimum absolute atomic E-state index is 0.774. The van der Waals surface area contributed by atoms with Gasteiger partial charge in [-0.1, -0.05) is 13.8 Å². The van der Waals surface area contributed by atoms with E-state index in [1.807, 2.05) is 0 Å². The summed E-state index contributed by atoms with van der Waals surface area (Å²) in [5.74, 6) is 0.774. The van der Waals surface area contributed by atoms with E-state index >= 15 is 0 Å². The summed E-state index contributed by atoms with van der Waals surface area (Å²) in [6, 6.07) is 0. The highest BCUT2D eigenvalue weighted by molar-refractivity contribution is 5.72. The minimum Gasteiger partial charge on any atom is -0.341 e. The molecule has 0 aromatic carbocycles. The van der Waals surface area contributed by atoms with Crippen molar-refractivity contribution in [3.63, 3.8) is 0 Å². The highest BCUT2D eigenvalue weighted by Crippen LogP contribution is 2.12. The van der Waals surface area contributed by atoms with E-state index in [9.17, 15) is 0 Å². The number of hydrogen-bond donors (Lipinski definition) is 0. The third-order valence-corrected chi connectivity index (χ3v) is 2.52. The zero-order chi connectivity index (χ0) is 12.1. The molecule has 0 fully saturated rings. The molecule has 17 heavy (non-hydrogen) atoms. The van der Waals surface area contributed by atoms with Crippen molar-refractivity contribution in [2.45, 2.75) is 26.7 Å². The summed E-state index contributed by atoms with van der Waals surface area (Å²) >= 11 is 0. The summed E-state index contributed by atoms with van der Waals surface area (Å²) in [5, 5.41) is 0. The Morgan fingerprint density at radius 2 is 1.76 bits per heavy atom. The molecule has 0 aliphatic rings. The Hall–Kier alpha value is -1.78. The van der Waals surface area contributed by atoms with Gasteiger partial charge in [0.1, 0.15) is 17.4 Å². The van der Waals surface area contributed by atoms with E-state index in [2.05, 4.69) is 38.7 Å². The minimum atomic E-state index is 0.774. The summed E-state index contributed by atoms with van der Waals surface area (Å²) in [6.07, 6.45) is 7.18. The Labute approximate surface area is 101 Å². The van der Waals surface area contributed by atoms with Gasteiger partial charge in [0.25, 0.3) is 0 Å². The molecular formula is C12H17N5. The Morgan fingerprint density at radius 1 is 1.00 bits per heavy atom. The molecule has 0 spiro atoms. The molecule has 0 bridgehead atoms.